The maximum atomic E-state index is 12.6. The van der Waals surface area contributed by atoms with E-state index in [2.05, 4.69) is 16.8 Å². The second-order valence-electron chi connectivity index (χ2n) is 8.50. The van der Waals surface area contributed by atoms with Crippen LogP contribution in [0.4, 0.5) is 0 Å². The lowest BCUT2D eigenvalue weighted by atomic mass is 9.80. The summed E-state index contributed by atoms with van der Waals surface area (Å²) in [6, 6.07) is 0.415. The molecule has 3 aliphatic heterocycles. The Morgan fingerprint density at radius 1 is 1.25 bits per heavy atom. The lowest BCUT2D eigenvalue weighted by Gasteiger charge is -2.63. The predicted octanol–water partition coefficient (Wildman–Crippen LogP) is 0.105. The molecule has 1 unspecified atom stereocenters. The number of amides is 1. The van der Waals surface area contributed by atoms with Gasteiger partial charge < -0.3 is 19.6 Å². The van der Waals surface area contributed by atoms with E-state index in [0.29, 0.717) is 6.04 Å². The highest BCUT2D eigenvalue weighted by molar-refractivity contribution is 5.79. The Morgan fingerprint density at radius 3 is 2.62 bits per heavy atom. The summed E-state index contributed by atoms with van der Waals surface area (Å²) < 4.78 is 5.62. The maximum Gasteiger partial charge on any atom is 0.303 e. The molecular formula is C17H29N3O4. The fourth-order valence-electron chi connectivity index (χ4n) is 4.56. The van der Waals surface area contributed by atoms with Gasteiger partial charge in [-0.2, -0.15) is 0 Å². The van der Waals surface area contributed by atoms with Crippen molar-refractivity contribution in [2.45, 2.75) is 38.3 Å². The van der Waals surface area contributed by atoms with Crippen molar-refractivity contribution < 1.29 is 19.4 Å². The van der Waals surface area contributed by atoms with Crippen molar-refractivity contribution in [2.75, 3.05) is 53.0 Å². The molecule has 1 atom stereocenters. The molecule has 7 heteroatoms. The molecule has 3 saturated heterocycles. The fourth-order valence-corrected chi connectivity index (χ4v) is 4.56. The van der Waals surface area contributed by atoms with Crippen LogP contribution in [0.5, 0.6) is 0 Å². The molecule has 0 radical (unpaired) electrons. The Hall–Kier alpha value is -1.18. The fraction of sp³-hybridized carbons (Fsp3) is 0.882. The van der Waals surface area contributed by atoms with Gasteiger partial charge in [-0.05, 0) is 12.5 Å². The Balaban J connectivity index is 1.60. The number of carbonyl (C=O) groups excluding carboxylic acids is 1. The minimum absolute atomic E-state index is 0.0198. The molecule has 3 rings (SSSR count). The van der Waals surface area contributed by atoms with Gasteiger partial charge in [-0.1, -0.05) is 13.8 Å². The molecule has 136 valence electrons. The molecule has 24 heavy (non-hydrogen) atoms. The molecule has 0 saturated carbocycles. The molecule has 3 fully saturated rings. The van der Waals surface area contributed by atoms with Gasteiger partial charge in [0.05, 0.1) is 25.2 Å². The van der Waals surface area contributed by atoms with Crippen LogP contribution < -0.4 is 0 Å². The SMILES string of the molecule is CN1CC2COCCN2C2(C1)CN(C(=O)CC(C)(C)CC(=O)O)C2. The maximum absolute atomic E-state index is 12.6. The van der Waals surface area contributed by atoms with Crippen LogP contribution in [-0.4, -0.2) is 96.2 Å². The third-order valence-corrected chi connectivity index (χ3v) is 5.51. The van der Waals surface area contributed by atoms with Crippen molar-refractivity contribution in [1.82, 2.24) is 14.7 Å². The number of piperazine rings is 1. The van der Waals surface area contributed by atoms with Gasteiger partial charge in [-0.15, -0.1) is 0 Å². The first-order valence-electron chi connectivity index (χ1n) is 8.73. The van der Waals surface area contributed by atoms with Crippen molar-refractivity contribution in [3.63, 3.8) is 0 Å². The van der Waals surface area contributed by atoms with E-state index < -0.39 is 11.4 Å². The molecule has 7 nitrogen and oxygen atoms in total. The molecule has 0 aliphatic carbocycles. The van der Waals surface area contributed by atoms with Crippen LogP contribution in [0.2, 0.25) is 0 Å². The van der Waals surface area contributed by atoms with Crippen LogP contribution in [0.3, 0.4) is 0 Å². The van der Waals surface area contributed by atoms with E-state index in [0.717, 1.165) is 45.9 Å². The highest BCUT2D eigenvalue weighted by Crippen LogP contribution is 2.37. The van der Waals surface area contributed by atoms with Crippen LogP contribution in [0, 0.1) is 5.41 Å². The lowest BCUT2D eigenvalue weighted by molar-refractivity contribution is -0.176. The molecule has 3 heterocycles. The molecule has 0 aromatic heterocycles. The second-order valence-corrected chi connectivity index (χ2v) is 8.50. The third-order valence-electron chi connectivity index (χ3n) is 5.51. The van der Waals surface area contributed by atoms with Crippen LogP contribution >= 0.6 is 0 Å². The number of likely N-dealkylation sites (N-methyl/N-ethyl adjacent to an activating group) is 1. The smallest absolute Gasteiger partial charge is 0.303 e. The number of morpholine rings is 1. The number of hydrogen-bond donors (Lipinski definition) is 1. The molecular weight excluding hydrogens is 310 g/mol. The number of fused-ring (bicyclic) bond motifs is 2. The van der Waals surface area contributed by atoms with Crippen LogP contribution in [0.25, 0.3) is 0 Å². The van der Waals surface area contributed by atoms with E-state index >= 15 is 0 Å². The van der Waals surface area contributed by atoms with Gasteiger partial charge in [-0.3, -0.25) is 14.5 Å². The Bertz CT molecular complexity index is 516. The molecule has 0 aromatic carbocycles. The van der Waals surface area contributed by atoms with Gasteiger partial charge in [0.1, 0.15) is 0 Å². The van der Waals surface area contributed by atoms with E-state index in [1.807, 2.05) is 18.7 Å². The largest absolute Gasteiger partial charge is 0.481 e. The number of likely N-dealkylation sites (tertiary alicyclic amines) is 1. The van der Waals surface area contributed by atoms with E-state index in [1.165, 1.54) is 0 Å². The first-order chi connectivity index (χ1) is 11.2. The van der Waals surface area contributed by atoms with Crippen LogP contribution in [-0.2, 0) is 14.3 Å². The van der Waals surface area contributed by atoms with E-state index in [-0.39, 0.29) is 24.3 Å². The van der Waals surface area contributed by atoms with Gasteiger partial charge in [0.25, 0.3) is 0 Å². The minimum atomic E-state index is -0.849. The second kappa shape index (κ2) is 6.28. The van der Waals surface area contributed by atoms with Gasteiger partial charge in [0.15, 0.2) is 0 Å². The van der Waals surface area contributed by atoms with E-state index in [1.54, 1.807) is 0 Å². The topological polar surface area (TPSA) is 73.3 Å². The minimum Gasteiger partial charge on any atom is -0.481 e. The van der Waals surface area contributed by atoms with Crippen LogP contribution in [0.15, 0.2) is 0 Å². The Morgan fingerprint density at radius 2 is 1.96 bits per heavy atom. The number of aliphatic carboxylic acids is 1. The standard InChI is InChI=1S/C17H29N3O4/c1-16(2,7-15(22)23)6-14(21)19-11-17(12-19)10-18(3)8-13-9-24-5-4-20(13)17/h13H,4-12H2,1-3H3,(H,22,23). The number of hydrogen-bond acceptors (Lipinski definition) is 5. The lowest BCUT2D eigenvalue weighted by Crippen LogP contribution is -2.80. The van der Waals surface area contributed by atoms with Crippen molar-refractivity contribution in [3.8, 4) is 0 Å². The molecule has 1 amide bonds. The molecule has 1 spiro atoms. The average molecular weight is 339 g/mol. The highest BCUT2D eigenvalue weighted by Gasteiger charge is 2.54. The van der Waals surface area contributed by atoms with Crippen molar-refractivity contribution in [3.05, 3.63) is 0 Å². The van der Waals surface area contributed by atoms with Crippen molar-refractivity contribution >= 4 is 11.9 Å². The van der Waals surface area contributed by atoms with E-state index in [4.69, 9.17) is 9.84 Å². The summed E-state index contributed by atoms with van der Waals surface area (Å²) >= 11 is 0. The normalized spacial score (nSPS) is 27.6. The number of carboxylic acid groups (broad SMARTS) is 1. The van der Waals surface area contributed by atoms with Gasteiger partial charge >= 0.3 is 5.97 Å². The van der Waals surface area contributed by atoms with Gasteiger partial charge in [0.2, 0.25) is 5.91 Å². The number of carboxylic acids is 1. The Kier molecular flexibility index (Phi) is 4.61. The first kappa shape index (κ1) is 17.6. The summed E-state index contributed by atoms with van der Waals surface area (Å²) in [5.74, 6) is -0.775. The number of carbonyl (C=O) groups is 2. The monoisotopic (exact) mass is 339 g/mol. The van der Waals surface area contributed by atoms with Crippen molar-refractivity contribution in [1.29, 1.82) is 0 Å². The van der Waals surface area contributed by atoms with Crippen LogP contribution in [0.1, 0.15) is 26.7 Å². The molecule has 0 bridgehead atoms. The Labute approximate surface area is 143 Å². The quantitative estimate of drug-likeness (QED) is 0.783. The summed E-state index contributed by atoms with van der Waals surface area (Å²) in [6.07, 6.45) is 0.309. The summed E-state index contributed by atoms with van der Waals surface area (Å²) in [5, 5.41) is 8.98. The van der Waals surface area contributed by atoms with E-state index in [9.17, 15) is 9.59 Å². The number of rotatable bonds is 4. The molecule has 0 aromatic rings. The average Bonchev–Trinajstić information content (AvgIpc) is 2.41. The number of ether oxygens (including phenoxy) is 1. The van der Waals surface area contributed by atoms with Gasteiger partial charge in [0, 0.05) is 45.2 Å². The molecule has 3 aliphatic rings. The highest BCUT2D eigenvalue weighted by atomic mass is 16.5. The predicted molar refractivity (Wildman–Crippen MR) is 88.8 cm³/mol. The third kappa shape index (κ3) is 3.43. The zero-order valence-electron chi connectivity index (χ0n) is 15.0. The summed E-state index contributed by atoms with van der Waals surface area (Å²) in [6.45, 7) is 9.65. The zero-order chi connectivity index (χ0) is 17.5. The van der Waals surface area contributed by atoms with Crippen molar-refractivity contribution in [2.24, 2.45) is 5.41 Å². The first-order valence-corrected chi connectivity index (χ1v) is 8.73. The number of nitrogens with zero attached hydrogens (tertiary/aromatic N) is 3. The van der Waals surface area contributed by atoms with Gasteiger partial charge in [-0.25, -0.2) is 0 Å². The summed E-state index contributed by atoms with van der Waals surface area (Å²) in [5.41, 5.74) is -0.454. The summed E-state index contributed by atoms with van der Waals surface area (Å²) in [4.78, 5) is 30.3. The molecule has 1 N–H and O–H groups in total. The summed E-state index contributed by atoms with van der Waals surface area (Å²) in [7, 11) is 2.13. The zero-order valence-corrected chi connectivity index (χ0v) is 15.0.